The van der Waals surface area contributed by atoms with Crippen LogP contribution in [-0.2, 0) is 7.05 Å². The number of aryl methyl sites for hydroxylation is 1. The van der Waals surface area contributed by atoms with Gasteiger partial charge in [0.15, 0.2) is 0 Å². The van der Waals surface area contributed by atoms with E-state index in [0.717, 1.165) is 46.2 Å². The van der Waals surface area contributed by atoms with E-state index in [-0.39, 0.29) is 5.56 Å². The summed E-state index contributed by atoms with van der Waals surface area (Å²) in [7, 11) is 3.40. The quantitative estimate of drug-likeness (QED) is 0.337. The van der Waals surface area contributed by atoms with Gasteiger partial charge in [-0.15, -0.1) is 0 Å². The Morgan fingerprint density at radius 2 is 1.79 bits per heavy atom. The van der Waals surface area contributed by atoms with Crippen LogP contribution in [-0.4, -0.2) is 27.9 Å². The number of nitrogens with one attached hydrogen (secondary N) is 1. The van der Waals surface area contributed by atoms with Gasteiger partial charge < -0.3 is 14.7 Å². The van der Waals surface area contributed by atoms with Gasteiger partial charge in [-0.25, -0.2) is 4.98 Å². The van der Waals surface area contributed by atoms with E-state index in [1.54, 1.807) is 18.7 Å². The van der Waals surface area contributed by atoms with Crippen LogP contribution in [0.15, 0.2) is 71.5 Å². The van der Waals surface area contributed by atoms with E-state index < -0.39 is 0 Å². The van der Waals surface area contributed by atoms with E-state index in [1.165, 1.54) is 0 Å². The number of aromatic nitrogens is 3. The van der Waals surface area contributed by atoms with Crippen molar-refractivity contribution in [1.82, 2.24) is 14.2 Å². The summed E-state index contributed by atoms with van der Waals surface area (Å²) in [6.45, 7) is 2.90. The second kappa shape index (κ2) is 8.88. The van der Waals surface area contributed by atoms with Crippen LogP contribution in [0.3, 0.4) is 0 Å². The molecule has 0 spiro atoms. The minimum Gasteiger partial charge on any atom is -0.497 e. The first-order valence-electron chi connectivity index (χ1n) is 11.2. The zero-order valence-electron chi connectivity index (χ0n) is 19.3. The number of para-hydroxylation sites is 1. The van der Waals surface area contributed by atoms with Gasteiger partial charge in [0.1, 0.15) is 11.4 Å². The Balaban J connectivity index is 1.91. The molecule has 0 amide bonds. The second-order valence-corrected chi connectivity index (χ2v) is 8.61. The summed E-state index contributed by atoms with van der Waals surface area (Å²) in [5.41, 5.74) is 8.77. The van der Waals surface area contributed by atoms with Crippen molar-refractivity contribution in [3.63, 3.8) is 0 Å². The Labute approximate surface area is 202 Å². The number of ether oxygens (including phenoxy) is 1. The molecule has 0 aliphatic carbocycles. The van der Waals surface area contributed by atoms with Crippen molar-refractivity contribution >= 4 is 33.5 Å². The van der Waals surface area contributed by atoms with E-state index in [0.29, 0.717) is 22.0 Å². The molecule has 34 heavy (non-hydrogen) atoms. The normalized spacial score (nSPS) is 11.3. The average molecular weight is 473 g/mol. The first-order chi connectivity index (χ1) is 16.5. The lowest BCUT2D eigenvalue weighted by atomic mass is 10.0. The second-order valence-electron chi connectivity index (χ2n) is 8.17. The molecule has 1 N–H and O–H groups in total. The van der Waals surface area contributed by atoms with Crippen LogP contribution in [0, 0.1) is 0 Å². The van der Waals surface area contributed by atoms with Crippen molar-refractivity contribution in [3.05, 3.63) is 82.1 Å². The summed E-state index contributed by atoms with van der Waals surface area (Å²) in [5.74, 6) is 0.689. The fraction of sp³-hybridized carbons (Fsp3) is 0.185. The van der Waals surface area contributed by atoms with Crippen LogP contribution in [0.25, 0.3) is 44.5 Å². The van der Waals surface area contributed by atoms with Crippen LogP contribution in [0.2, 0.25) is 5.02 Å². The van der Waals surface area contributed by atoms with Crippen LogP contribution in [0.1, 0.15) is 13.3 Å². The maximum absolute atomic E-state index is 13.7. The summed E-state index contributed by atoms with van der Waals surface area (Å²) >= 11 is 6.20. The summed E-state index contributed by atoms with van der Waals surface area (Å²) in [6.07, 6.45) is 0.956. The third kappa shape index (κ3) is 3.60. The van der Waals surface area contributed by atoms with Gasteiger partial charge in [-0.2, -0.15) is 0 Å². The van der Waals surface area contributed by atoms with E-state index in [2.05, 4.69) is 23.1 Å². The molecule has 3 aromatic carbocycles. The molecule has 0 atom stereocenters. The molecular formula is C27H25ClN4O2. The van der Waals surface area contributed by atoms with Crippen LogP contribution < -0.4 is 15.7 Å². The molecule has 0 fully saturated rings. The number of halogens is 1. The third-order valence-corrected chi connectivity index (χ3v) is 6.28. The highest BCUT2D eigenvalue weighted by Crippen LogP contribution is 2.39. The molecule has 0 bridgehead atoms. The van der Waals surface area contributed by atoms with Gasteiger partial charge in [0.05, 0.1) is 29.4 Å². The van der Waals surface area contributed by atoms with Crippen molar-refractivity contribution in [1.29, 1.82) is 0 Å². The van der Waals surface area contributed by atoms with Gasteiger partial charge in [-0.05, 0) is 36.8 Å². The predicted octanol–water partition coefficient (Wildman–Crippen LogP) is 5.84. The molecule has 0 saturated heterocycles. The fourth-order valence-electron chi connectivity index (χ4n) is 4.35. The Morgan fingerprint density at radius 1 is 1.03 bits per heavy atom. The monoisotopic (exact) mass is 472 g/mol. The van der Waals surface area contributed by atoms with E-state index in [1.807, 2.05) is 60.7 Å². The Kier molecular flexibility index (Phi) is 5.75. The van der Waals surface area contributed by atoms with Gasteiger partial charge >= 0.3 is 0 Å². The van der Waals surface area contributed by atoms with Crippen molar-refractivity contribution in [2.45, 2.75) is 13.3 Å². The highest BCUT2D eigenvalue weighted by atomic mass is 35.5. The van der Waals surface area contributed by atoms with Crippen molar-refractivity contribution in [2.75, 3.05) is 19.1 Å². The Morgan fingerprint density at radius 3 is 2.53 bits per heavy atom. The van der Waals surface area contributed by atoms with Gasteiger partial charge in [0.25, 0.3) is 5.56 Å². The standard InChI is InChI=1S/C27H25ClN4O2/c1-4-15-29-32-22-8-6-5-7-20(22)24(26(32)17-9-11-18(28)12-10-17)25-27(33)31(2)23-14-13-19(34-3)16-21(23)30-25/h5-14,16,29H,4,15H2,1-3H3. The van der Waals surface area contributed by atoms with Crippen LogP contribution in [0.4, 0.5) is 0 Å². The number of fused-ring (bicyclic) bond motifs is 2. The lowest BCUT2D eigenvalue weighted by molar-refractivity contribution is 0.415. The molecule has 0 aliphatic rings. The number of nitrogens with zero attached hydrogens (tertiary/aromatic N) is 3. The van der Waals surface area contributed by atoms with E-state index >= 15 is 0 Å². The molecule has 2 heterocycles. The number of benzene rings is 3. The van der Waals surface area contributed by atoms with Gasteiger partial charge in [0, 0.05) is 41.2 Å². The zero-order chi connectivity index (χ0) is 23.8. The van der Waals surface area contributed by atoms with Gasteiger partial charge in [0.2, 0.25) is 0 Å². The zero-order valence-corrected chi connectivity index (χ0v) is 20.1. The molecule has 0 saturated carbocycles. The Hall–Kier alpha value is -3.77. The first-order valence-corrected chi connectivity index (χ1v) is 11.6. The molecule has 6 nitrogen and oxygen atoms in total. The number of rotatable bonds is 6. The summed E-state index contributed by atoms with van der Waals surface area (Å²) in [6, 6.07) is 21.3. The predicted molar refractivity (Wildman–Crippen MR) is 139 cm³/mol. The van der Waals surface area contributed by atoms with E-state index in [9.17, 15) is 4.79 Å². The topological polar surface area (TPSA) is 61.1 Å². The van der Waals surface area contributed by atoms with Crippen LogP contribution in [0.5, 0.6) is 5.75 Å². The minimum atomic E-state index is -0.161. The largest absolute Gasteiger partial charge is 0.497 e. The molecule has 0 aliphatic heterocycles. The maximum atomic E-state index is 13.7. The third-order valence-electron chi connectivity index (χ3n) is 6.03. The molecule has 5 aromatic rings. The molecule has 0 radical (unpaired) electrons. The summed E-state index contributed by atoms with van der Waals surface area (Å²) < 4.78 is 9.12. The van der Waals surface area contributed by atoms with Crippen molar-refractivity contribution in [3.8, 4) is 28.3 Å². The lowest BCUT2D eigenvalue weighted by Crippen LogP contribution is -2.21. The number of hydrogen-bond donors (Lipinski definition) is 1. The summed E-state index contributed by atoms with van der Waals surface area (Å²) in [4.78, 5) is 18.5. The average Bonchev–Trinajstić information content (AvgIpc) is 3.19. The molecular weight excluding hydrogens is 448 g/mol. The minimum absolute atomic E-state index is 0.161. The van der Waals surface area contributed by atoms with Crippen molar-refractivity contribution in [2.24, 2.45) is 7.05 Å². The van der Waals surface area contributed by atoms with E-state index in [4.69, 9.17) is 21.3 Å². The molecule has 7 heteroatoms. The molecule has 2 aromatic heterocycles. The van der Waals surface area contributed by atoms with Gasteiger partial charge in [-0.1, -0.05) is 48.9 Å². The first kappa shape index (κ1) is 22.0. The smallest absolute Gasteiger partial charge is 0.277 e. The lowest BCUT2D eigenvalue weighted by Gasteiger charge is -2.15. The molecule has 5 rings (SSSR count). The Bertz CT molecular complexity index is 1570. The fourth-order valence-corrected chi connectivity index (χ4v) is 4.48. The molecule has 172 valence electrons. The number of methoxy groups -OCH3 is 1. The highest BCUT2D eigenvalue weighted by molar-refractivity contribution is 6.30. The van der Waals surface area contributed by atoms with Crippen molar-refractivity contribution < 1.29 is 4.74 Å². The number of hydrogen-bond acceptors (Lipinski definition) is 4. The highest BCUT2D eigenvalue weighted by Gasteiger charge is 2.24. The molecule has 0 unspecified atom stereocenters. The van der Waals surface area contributed by atoms with Crippen LogP contribution >= 0.6 is 11.6 Å². The maximum Gasteiger partial charge on any atom is 0.277 e. The summed E-state index contributed by atoms with van der Waals surface area (Å²) in [5, 5.41) is 1.60. The SMILES string of the molecule is CCCNn1c(-c2ccc(Cl)cc2)c(-c2nc3cc(OC)ccc3n(C)c2=O)c2ccccc21. The van der Waals surface area contributed by atoms with Gasteiger partial charge in [-0.3, -0.25) is 9.47 Å².